The standard InChI is InChI=1S/C20H23F3N2O2/c1-11-17(14(4)26)12(2)24-18(11)19(27)13(3)25(5)10-15-6-8-16(9-7-15)20(21,22)23/h6-9,13,24H,10H2,1-5H3/t13-/m1/s1. The average Bonchev–Trinajstić information content (AvgIpc) is 2.87. The van der Waals surface area contributed by atoms with Crippen molar-refractivity contribution in [2.24, 2.45) is 0 Å². The predicted octanol–water partition coefficient (Wildman–Crippen LogP) is 4.56. The maximum absolute atomic E-state index is 12.8. The van der Waals surface area contributed by atoms with Crippen molar-refractivity contribution < 1.29 is 22.8 Å². The maximum atomic E-state index is 12.8. The molecule has 0 aliphatic carbocycles. The van der Waals surface area contributed by atoms with Crippen LogP contribution in [0.3, 0.4) is 0 Å². The molecule has 0 radical (unpaired) electrons. The van der Waals surface area contributed by atoms with Crippen LogP contribution in [0.1, 0.15) is 57.1 Å². The van der Waals surface area contributed by atoms with Crippen LogP contribution >= 0.6 is 0 Å². The summed E-state index contributed by atoms with van der Waals surface area (Å²) in [6.45, 7) is 6.99. The van der Waals surface area contributed by atoms with Crippen molar-refractivity contribution in [1.82, 2.24) is 9.88 Å². The van der Waals surface area contributed by atoms with E-state index >= 15 is 0 Å². The zero-order chi connectivity index (χ0) is 20.5. The molecule has 4 nitrogen and oxygen atoms in total. The second-order valence-corrected chi connectivity index (χ2v) is 6.83. The Hall–Kier alpha value is -2.41. The van der Waals surface area contributed by atoms with Gasteiger partial charge in [-0.1, -0.05) is 12.1 Å². The Morgan fingerprint density at radius 1 is 1.15 bits per heavy atom. The number of nitrogens with one attached hydrogen (secondary N) is 1. The molecule has 2 aromatic rings. The number of benzene rings is 1. The van der Waals surface area contributed by atoms with Crippen LogP contribution in [0.25, 0.3) is 0 Å². The molecule has 2 rings (SSSR count). The molecule has 1 aromatic carbocycles. The highest BCUT2D eigenvalue weighted by Crippen LogP contribution is 2.29. The van der Waals surface area contributed by atoms with E-state index in [-0.39, 0.29) is 11.6 Å². The first-order valence-electron chi connectivity index (χ1n) is 8.54. The third kappa shape index (κ3) is 4.47. The monoisotopic (exact) mass is 380 g/mol. The number of carbonyl (C=O) groups is 2. The number of likely N-dealkylation sites (N-methyl/N-ethyl adjacent to an activating group) is 1. The molecule has 1 atom stereocenters. The lowest BCUT2D eigenvalue weighted by Crippen LogP contribution is -2.36. The number of hydrogen-bond donors (Lipinski definition) is 1. The van der Waals surface area contributed by atoms with Gasteiger partial charge in [-0.15, -0.1) is 0 Å². The van der Waals surface area contributed by atoms with Gasteiger partial charge in [-0.2, -0.15) is 13.2 Å². The van der Waals surface area contributed by atoms with Crippen LogP contribution in [-0.4, -0.2) is 34.5 Å². The van der Waals surface area contributed by atoms with Gasteiger partial charge in [0.1, 0.15) is 0 Å². The van der Waals surface area contributed by atoms with E-state index in [9.17, 15) is 22.8 Å². The second kappa shape index (κ2) is 7.68. The predicted molar refractivity (Wildman–Crippen MR) is 97.0 cm³/mol. The molecule has 1 heterocycles. The van der Waals surface area contributed by atoms with Gasteiger partial charge in [0.2, 0.25) is 0 Å². The molecular weight excluding hydrogens is 357 g/mol. The van der Waals surface area contributed by atoms with Gasteiger partial charge in [0.15, 0.2) is 11.6 Å². The minimum Gasteiger partial charge on any atom is -0.355 e. The van der Waals surface area contributed by atoms with E-state index in [0.717, 1.165) is 12.1 Å². The molecular formula is C20H23F3N2O2. The Morgan fingerprint density at radius 2 is 1.70 bits per heavy atom. The second-order valence-electron chi connectivity index (χ2n) is 6.83. The van der Waals surface area contributed by atoms with Gasteiger partial charge >= 0.3 is 6.18 Å². The van der Waals surface area contributed by atoms with Crippen molar-refractivity contribution in [2.75, 3.05) is 7.05 Å². The highest BCUT2D eigenvalue weighted by Gasteiger charge is 2.30. The molecule has 27 heavy (non-hydrogen) atoms. The molecule has 146 valence electrons. The zero-order valence-corrected chi connectivity index (χ0v) is 16.0. The molecule has 0 fully saturated rings. The fraction of sp³-hybridized carbons (Fsp3) is 0.400. The van der Waals surface area contributed by atoms with Crippen molar-refractivity contribution >= 4 is 11.6 Å². The molecule has 7 heteroatoms. The number of nitrogens with zero attached hydrogens (tertiary/aromatic N) is 1. The average molecular weight is 380 g/mol. The van der Waals surface area contributed by atoms with Crippen molar-refractivity contribution in [1.29, 1.82) is 0 Å². The Bertz CT molecular complexity index is 851. The van der Waals surface area contributed by atoms with Crippen LogP contribution in [0.15, 0.2) is 24.3 Å². The molecule has 0 aliphatic rings. The van der Waals surface area contributed by atoms with Crippen LogP contribution in [0.2, 0.25) is 0 Å². The smallest absolute Gasteiger partial charge is 0.355 e. The molecule has 0 aliphatic heterocycles. The SMILES string of the molecule is CC(=O)c1c(C)[nH]c(C(=O)[C@@H](C)N(C)Cc2ccc(C(F)(F)F)cc2)c1C. The zero-order valence-electron chi connectivity index (χ0n) is 16.0. The van der Waals surface area contributed by atoms with E-state index < -0.39 is 17.8 Å². The Kier molecular flexibility index (Phi) is 5.94. The van der Waals surface area contributed by atoms with Crippen molar-refractivity contribution in [2.45, 2.75) is 46.5 Å². The number of carbonyl (C=O) groups excluding carboxylic acids is 2. The molecule has 0 saturated heterocycles. The van der Waals surface area contributed by atoms with Crippen molar-refractivity contribution in [3.8, 4) is 0 Å². The van der Waals surface area contributed by atoms with Crippen LogP contribution < -0.4 is 0 Å². The fourth-order valence-corrected chi connectivity index (χ4v) is 3.16. The van der Waals surface area contributed by atoms with Gasteiger partial charge in [0.25, 0.3) is 0 Å². The van der Waals surface area contributed by atoms with Gasteiger partial charge in [-0.3, -0.25) is 14.5 Å². The molecule has 0 unspecified atom stereocenters. The minimum absolute atomic E-state index is 0.105. The lowest BCUT2D eigenvalue weighted by atomic mass is 10.0. The molecule has 0 saturated carbocycles. The lowest BCUT2D eigenvalue weighted by Gasteiger charge is -2.23. The summed E-state index contributed by atoms with van der Waals surface area (Å²) >= 11 is 0. The number of rotatable bonds is 6. The maximum Gasteiger partial charge on any atom is 0.416 e. The molecule has 1 N–H and O–H groups in total. The molecule has 0 spiro atoms. The van der Waals surface area contributed by atoms with Crippen LogP contribution in [-0.2, 0) is 12.7 Å². The number of alkyl halides is 3. The quantitative estimate of drug-likeness (QED) is 0.748. The summed E-state index contributed by atoms with van der Waals surface area (Å²) in [4.78, 5) is 29.3. The number of ketones is 2. The summed E-state index contributed by atoms with van der Waals surface area (Å²) < 4.78 is 38.0. The van der Waals surface area contributed by atoms with Crippen LogP contribution in [0.5, 0.6) is 0 Å². The lowest BCUT2D eigenvalue weighted by molar-refractivity contribution is -0.137. The first-order chi connectivity index (χ1) is 12.4. The first kappa shape index (κ1) is 20.9. The number of aromatic nitrogens is 1. The van der Waals surface area contributed by atoms with E-state index in [1.54, 1.807) is 32.7 Å². The third-order valence-corrected chi connectivity index (χ3v) is 4.79. The van der Waals surface area contributed by atoms with Crippen LogP contribution in [0, 0.1) is 13.8 Å². The number of aromatic amines is 1. The van der Waals surface area contributed by atoms with E-state index in [1.165, 1.54) is 19.1 Å². The van der Waals surface area contributed by atoms with Crippen molar-refractivity contribution in [3.05, 3.63) is 57.9 Å². The summed E-state index contributed by atoms with van der Waals surface area (Å²) in [6.07, 6.45) is -4.37. The number of aryl methyl sites for hydroxylation is 1. The van der Waals surface area contributed by atoms with Gasteiger partial charge in [-0.05, 0) is 58.0 Å². The third-order valence-electron chi connectivity index (χ3n) is 4.79. The number of halogens is 3. The Labute approximate surface area is 156 Å². The summed E-state index contributed by atoms with van der Waals surface area (Å²) in [5.74, 6) is -0.274. The van der Waals surface area contributed by atoms with E-state index in [2.05, 4.69) is 4.98 Å². The Morgan fingerprint density at radius 3 is 2.15 bits per heavy atom. The van der Waals surface area contributed by atoms with Gasteiger partial charge in [0, 0.05) is 17.8 Å². The van der Waals surface area contributed by atoms with Crippen LogP contribution in [0.4, 0.5) is 13.2 Å². The van der Waals surface area contributed by atoms with E-state index in [0.29, 0.717) is 34.6 Å². The number of H-pyrrole nitrogens is 1. The number of hydrogen-bond acceptors (Lipinski definition) is 3. The topological polar surface area (TPSA) is 53.2 Å². The first-order valence-corrected chi connectivity index (χ1v) is 8.54. The van der Waals surface area contributed by atoms with Gasteiger partial charge in [-0.25, -0.2) is 0 Å². The van der Waals surface area contributed by atoms with E-state index in [1.807, 2.05) is 0 Å². The minimum atomic E-state index is -4.37. The highest BCUT2D eigenvalue weighted by atomic mass is 19.4. The van der Waals surface area contributed by atoms with Gasteiger partial charge in [0.05, 0.1) is 17.3 Å². The normalized spacial score (nSPS) is 13.1. The fourth-order valence-electron chi connectivity index (χ4n) is 3.16. The summed E-state index contributed by atoms with van der Waals surface area (Å²) in [7, 11) is 1.73. The van der Waals surface area contributed by atoms with Crippen molar-refractivity contribution in [3.63, 3.8) is 0 Å². The number of Topliss-reactive ketones (excluding diaryl/α,β-unsaturated/α-hetero) is 2. The van der Waals surface area contributed by atoms with Gasteiger partial charge < -0.3 is 4.98 Å². The molecule has 0 bridgehead atoms. The Balaban J connectivity index is 2.15. The van der Waals surface area contributed by atoms with E-state index in [4.69, 9.17) is 0 Å². The molecule has 1 aromatic heterocycles. The largest absolute Gasteiger partial charge is 0.416 e. The summed E-state index contributed by atoms with van der Waals surface area (Å²) in [6, 6.07) is 4.38. The summed E-state index contributed by atoms with van der Waals surface area (Å²) in [5.41, 5.74) is 2.17. The highest BCUT2D eigenvalue weighted by molar-refractivity contribution is 6.05. The molecule has 0 amide bonds. The summed E-state index contributed by atoms with van der Waals surface area (Å²) in [5, 5.41) is 0.